The fraction of sp³-hybridized carbons (Fsp3) is 0.0870. The maximum Gasteiger partial charge on any atom is 0.335 e. The van der Waals surface area contributed by atoms with Crippen LogP contribution in [0.15, 0.2) is 53.4 Å². The summed E-state index contributed by atoms with van der Waals surface area (Å²) < 4.78 is 10.6. The highest BCUT2D eigenvalue weighted by molar-refractivity contribution is 8.18. The molecule has 3 heterocycles. The van der Waals surface area contributed by atoms with Gasteiger partial charge in [-0.25, -0.2) is 4.79 Å². The van der Waals surface area contributed by atoms with E-state index in [1.807, 2.05) is 12.1 Å². The first-order valence-electron chi connectivity index (χ1n) is 9.66. The lowest BCUT2D eigenvalue weighted by molar-refractivity contribution is -0.123. The number of thioether (sulfide) groups is 1. The average molecular weight is 500 g/mol. The maximum atomic E-state index is 12.9. The number of amides is 2. The number of carboxylic acids is 1. The zero-order valence-corrected chi connectivity index (χ0v) is 19.1. The summed E-state index contributed by atoms with van der Waals surface area (Å²) in [6.45, 7) is 0.134. The van der Waals surface area contributed by atoms with Crippen molar-refractivity contribution in [2.75, 3.05) is 6.79 Å². The quantitative estimate of drug-likeness (QED) is 0.448. The number of carboxylic acid groups (broad SMARTS) is 1. The van der Waals surface area contributed by atoms with Gasteiger partial charge in [0.2, 0.25) is 6.79 Å². The molecule has 0 aliphatic carbocycles. The lowest BCUT2D eigenvalue weighted by Crippen LogP contribution is -2.27. The first kappa shape index (κ1) is 21.6. The third-order valence-electron chi connectivity index (χ3n) is 5.06. The van der Waals surface area contributed by atoms with Gasteiger partial charge in [-0.05, 0) is 59.3 Å². The van der Waals surface area contributed by atoms with Gasteiger partial charge in [-0.2, -0.15) is 0 Å². The van der Waals surface area contributed by atoms with Crippen molar-refractivity contribution in [1.29, 1.82) is 0 Å². The Kier molecular flexibility index (Phi) is 5.61. The minimum Gasteiger partial charge on any atom is -0.478 e. The number of nitrogens with zero attached hydrogens (tertiary/aromatic N) is 1. The van der Waals surface area contributed by atoms with Crippen LogP contribution in [-0.4, -0.2) is 33.9 Å². The number of halogens is 1. The van der Waals surface area contributed by atoms with E-state index in [1.165, 1.54) is 11.3 Å². The molecule has 1 saturated heterocycles. The standard InChI is InChI=1S/C23H14ClNO6S2/c24-16-9-18-17(30-11-31-18)7-14(16)10-25-21(26)20(33-23(25)29)8-15-5-6-19(32-15)12-1-3-13(4-2-12)22(27)28/h1-9H,10-11H2,(H,27,28)/b20-8-. The number of ether oxygens (including phenoxy) is 2. The van der Waals surface area contributed by atoms with Gasteiger partial charge in [-0.1, -0.05) is 23.7 Å². The molecule has 1 fully saturated rings. The monoisotopic (exact) mass is 499 g/mol. The van der Waals surface area contributed by atoms with Gasteiger partial charge in [0.05, 0.1) is 17.0 Å². The second-order valence-corrected chi connectivity index (χ2v) is 9.66. The van der Waals surface area contributed by atoms with Crippen LogP contribution in [0.2, 0.25) is 5.02 Å². The Morgan fingerprint density at radius 2 is 1.82 bits per heavy atom. The molecule has 10 heteroatoms. The molecule has 0 unspecified atom stereocenters. The normalized spacial score (nSPS) is 16.2. The average Bonchev–Trinajstić information content (AvgIpc) is 3.51. The van der Waals surface area contributed by atoms with Gasteiger partial charge in [-0.15, -0.1) is 11.3 Å². The summed E-state index contributed by atoms with van der Waals surface area (Å²) in [5, 5.41) is 9.05. The molecule has 2 aliphatic heterocycles. The van der Waals surface area contributed by atoms with Gasteiger partial charge < -0.3 is 14.6 Å². The van der Waals surface area contributed by atoms with Gasteiger partial charge in [0, 0.05) is 20.8 Å². The Labute approximate surface area is 201 Å². The summed E-state index contributed by atoms with van der Waals surface area (Å²) in [5.74, 6) is -0.311. The van der Waals surface area contributed by atoms with E-state index in [0.29, 0.717) is 27.0 Å². The van der Waals surface area contributed by atoms with Gasteiger partial charge in [0.1, 0.15) is 0 Å². The first-order valence-corrected chi connectivity index (χ1v) is 11.7. The molecule has 0 spiro atoms. The van der Waals surface area contributed by atoms with Crippen LogP contribution in [0.5, 0.6) is 11.5 Å². The van der Waals surface area contributed by atoms with E-state index in [-0.39, 0.29) is 30.0 Å². The number of fused-ring (bicyclic) bond motifs is 1. The SMILES string of the molecule is O=C(O)c1ccc(-c2ccc(/C=C3\SC(=O)N(Cc4cc5c(cc4Cl)OCO5)C3=O)s2)cc1. The molecule has 2 aromatic carbocycles. The second-order valence-electron chi connectivity index (χ2n) is 7.15. The molecule has 0 bridgehead atoms. The summed E-state index contributed by atoms with van der Waals surface area (Å²) >= 11 is 8.62. The van der Waals surface area contributed by atoms with E-state index in [9.17, 15) is 14.4 Å². The Bertz CT molecular complexity index is 1330. The van der Waals surface area contributed by atoms with Crippen LogP contribution in [0, 0.1) is 0 Å². The molecule has 0 radical (unpaired) electrons. The van der Waals surface area contributed by atoms with E-state index in [1.54, 1.807) is 42.5 Å². The van der Waals surface area contributed by atoms with Crippen LogP contribution in [0.4, 0.5) is 4.79 Å². The topological polar surface area (TPSA) is 93.1 Å². The van der Waals surface area contributed by atoms with Gasteiger partial charge in [0.25, 0.3) is 11.1 Å². The number of carbonyl (C=O) groups excluding carboxylic acids is 2. The minimum absolute atomic E-state index is 0.0308. The molecule has 0 atom stereocenters. The Morgan fingerprint density at radius 1 is 1.09 bits per heavy atom. The molecule has 0 saturated carbocycles. The number of benzene rings is 2. The number of aromatic carboxylic acids is 1. The lowest BCUT2D eigenvalue weighted by Gasteiger charge is -2.14. The van der Waals surface area contributed by atoms with Crippen molar-refractivity contribution in [2.24, 2.45) is 0 Å². The Balaban J connectivity index is 1.34. The van der Waals surface area contributed by atoms with Gasteiger partial charge >= 0.3 is 5.97 Å². The van der Waals surface area contributed by atoms with E-state index in [0.717, 1.165) is 32.0 Å². The highest BCUT2D eigenvalue weighted by Gasteiger charge is 2.36. The maximum absolute atomic E-state index is 12.9. The van der Waals surface area contributed by atoms with E-state index in [2.05, 4.69) is 0 Å². The third kappa shape index (κ3) is 4.22. The van der Waals surface area contributed by atoms with Crippen molar-refractivity contribution in [3.63, 3.8) is 0 Å². The van der Waals surface area contributed by atoms with Crippen molar-refractivity contribution in [3.8, 4) is 21.9 Å². The zero-order valence-electron chi connectivity index (χ0n) is 16.7. The van der Waals surface area contributed by atoms with Crippen LogP contribution in [0.1, 0.15) is 20.8 Å². The number of rotatable bonds is 5. The predicted molar refractivity (Wildman–Crippen MR) is 126 cm³/mol. The molecule has 1 N–H and O–H groups in total. The number of imide groups is 1. The Hall–Kier alpha value is -3.27. The van der Waals surface area contributed by atoms with Crippen molar-refractivity contribution < 1.29 is 29.0 Å². The molecule has 1 aromatic heterocycles. The molecule has 2 aliphatic rings. The highest BCUT2D eigenvalue weighted by atomic mass is 35.5. The molecular formula is C23H14ClNO6S2. The van der Waals surface area contributed by atoms with Crippen molar-refractivity contribution in [3.05, 3.63) is 74.5 Å². The zero-order chi connectivity index (χ0) is 23.1. The van der Waals surface area contributed by atoms with Crippen LogP contribution in [0.3, 0.4) is 0 Å². The van der Waals surface area contributed by atoms with Crippen LogP contribution in [-0.2, 0) is 11.3 Å². The number of carbonyl (C=O) groups is 3. The number of hydrogen-bond acceptors (Lipinski definition) is 7. The van der Waals surface area contributed by atoms with Crippen LogP contribution < -0.4 is 9.47 Å². The summed E-state index contributed by atoms with van der Waals surface area (Å²) in [6.07, 6.45) is 1.69. The van der Waals surface area contributed by atoms with Gasteiger partial charge in [-0.3, -0.25) is 14.5 Å². The Morgan fingerprint density at radius 3 is 2.55 bits per heavy atom. The van der Waals surface area contributed by atoms with Crippen LogP contribution in [0.25, 0.3) is 16.5 Å². The lowest BCUT2D eigenvalue weighted by atomic mass is 10.1. The smallest absolute Gasteiger partial charge is 0.335 e. The number of thiophene rings is 1. The fourth-order valence-corrected chi connectivity index (χ4v) is 5.45. The highest BCUT2D eigenvalue weighted by Crippen LogP contribution is 2.40. The summed E-state index contributed by atoms with van der Waals surface area (Å²) in [6, 6.07) is 13.6. The van der Waals surface area contributed by atoms with E-state index >= 15 is 0 Å². The summed E-state index contributed by atoms with van der Waals surface area (Å²) in [4.78, 5) is 39.7. The molecule has 33 heavy (non-hydrogen) atoms. The van der Waals surface area contributed by atoms with E-state index in [4.69, 9.17) is 26.2 Å². The van der Waals surface area contributed by atoms with Crippen molar-refractivity contribution in [1.82, 2.24) is 4.90 Å². The minimum atomic E-state index is -0.980. The van der Waals surface area contributed by atoms with Crippen LogP contribution >= 0.6 is 34.7 Å². The first-order chi connectivity index (χ1) is 15.9. The summed E-state index contributed by atoms with van der Waals surface area (Å²) in [7, 11) is 0. The second kappa shape index (κ2) is 8.58. The molecule has 5 rings (SSSR count). The largest absolute Gasteiger partial charge is 0.478 e. The molecule has 2 amide bonds. The summed E-state index contributed by atoms with van der Waals surface area (Å²) in [5.41, 5.74) is 1.68. The van der Waals surface area contributed by atoms with Crippen molar-refractivity contribution >= 4 is 57.9 Å². The predicted octanol–water partition coefficient (Wildman–Crippen LogP) is 5.73. The molecule has 3 aromatic rings. The fourth-order valence-electron chi connectivity index (χ4n) is 3.38. The van der Waals surface area contributed by atoms with Crippen molar-refractivity contribution in [2.45, 2.75) is 6.54 Å². The molecule has 166 valence electrons. The third-order valence-corrected chi connectivity index (χ3v) is 7.40. The molecular weight excluding hydrogens is 486 g/mol. The molecule has 7 nitrogen and oxygen atoms in total. The van der Waals surface area contributed by atoms with E-state index < -0.39 is 5.97 Å². The number of hydrogen-bond donors (Lipinski definition) is 1. The van der Waals surface area contributed by atoms with Gasteiger partial charge in [0.15, 0.2) is 11.5 Å².